The van der Waals surface area contributed by atoms with Gasteiger partial charge in [0.25, 0.3) is 0 Å². The van der Waals surface area contributed by atoms with Gasteiger partial charge in [0.1, 0.15) is 0 Å². The molecule has 1 aromatic rings. The number of benzene rings is 1. The van der Waals surface area contributed by atoms with Crippen molar-refractivity contribution in [1.82, 2.24) is 20.0 Å². The van der Waals surface area contributed by atoms with Gasteiger partial charge in [-0.1, -0.05) is 38.1 Å². The van der Waals surface area contributed by atoms with Crippen LogP contribution in [-0.2, 0) is 16.0 Å². The minimum absolute atomic E-state index is 0.0526. The van der Waals surface area contributed by atoms with Gasteiger partial charge in [0.05, 0.1) is 19.8 Å². The fraction of sp³-hybridized carbons (Fsp3) is 0.636. The second kappa shape index (κ2) is 10.6. The minimum atomic E-state index is 0.0526. The van der Waals surface area contributed by atoms with Gasteiger partial charge >= 0.3 is 6.03 Å². The number of morpholine rings is 1. The van der Waals surface area contributed by atoms with Crippen LogP contribution in [0.15, 0.2) is 24.3 Å². The lowest BCUT2D eigenvalue weighted by Gasteiger charge is -2.38. The molecule has 0 unspecified atom stereocenters. The van der Waals surface area contributed by atoms with Crippen molar-refractivity contribution >= 4 is 11.9 Å². The number of nitrogens with one attached hydrogen (secondary N) is 1. The largest absolute Gasteiger partial charge is 0.378 e. The number of rotatable bonds is 6. The molecule has 2 saturated heterocycles. The van der Waals surface area contributed by atoms with Gasteiger partial charge in [-0.15, -0.1) is 0 Å². The quantitative estimate of drug-likeness (QED) is 0.784. The van der Waals surface area contributed by atoms with Crippen LogP contribution in [-0.4, -0.2) is 92.2 Å². The Morgan fingerprint density at radius 3 is 2.21 bits per heavy atom. The summed E-state index contributed by atoms with van der Waals surface area (Å²) < 4.78 is 5.31. The van der Waals surface area contributed by atoms with E-state index in [-0.39, 0.29) is 11.9 Å². The topological polar surface area (TPSA) is 65.1 Å². The van der Waals surface area contributed by atoms with Crippen LogP contribution in [0.5, 0.6) is 0 Å². The maximum Gasteiger partial charge on any atom is 0.320 e. The van der Waals surface area contributed by atoms with E-state index in [1.54, 1.807) is 0 Å². The van der Waals surface area contributed by atoms with E-state index >= 15 is 0 Å². The summed E-state index contributed by atoms with van der Waals surface area (Å²) in [6, 6.07) is 8.72. The summed E-state index contributed by atoms with van der Waals surface area (Å²) >= 11 is 0. The lowest BCUT2D eigenvalue weighted by molar-refractivity contribution is -0.122. The molecule has 160 valence electrons. The summed E-state index contributed by atoms with van der Waals surface area (Å²) in [5, 5.41) is 3.02. The Morgan fingerprint density at radius 1 is 0.966 bits per heavy atom. The predicted molar refractivity (Wildman–Crippen MR) is 113 cm³/mol. The zero-order chi connectivity index (χ0) is 20.6. The first-order chi connectivity index (χ1) is 14.0. The fourth-order valence-corrected chi connectivity index (χ4v) is 3.73. The molecule has 0 saturated carbocycles. The average molecular weight is 403 g/mol. The minimum Gasteiger partial charge on any atom is -0.378 e. The zero-order valence-corrected chi connectivity index (χ0v) is 17.7. The van der Waals surface area contributed by atoms with Crippen LogP contribution in [0.2, 0.25) is 0 Å². The molecule has 0 spiro atoms. The predicted octanol–water partition coefficient (Wildman–Crippen LogP) is 1.54. The molecule has 0 atom stereocenters. The SMILES string of the molecule is CC(C)c1ccc(CCNC(=O)CN2CCN(C(=O)N3CCOCC3)CC2)cc1. The summed E-state index contributed by atoms with van der Waals surface area (Å²) in [7, 11) is 0. The molecule has 0 aromatic heterocycles. The molecule has 2 aliphatic rings. The molecule has 2 fully saturated rings. The Morgan fingerprint density at radius 2 is 1.59 bits per heavy atom. The van der Waals surface area contributed by atoms with Crippen LogP contribution in [0.25, 0.3) is 0 Å². The van der Waals surface area contributed by atoms with Crippen LogP contribution in [0.4, 0.5) is 4.79 Å². The Bertz CT molecular complexity index is 663. The van der Waals surface area contributed by atoms with Crippen molar-refractivity contribution in [1.29, 1.82) is 0 Å². The van der Waals surface area contributed by atoms with Crippen LogP contribution in [0, 0.1) is 0 Å². The van der Waals surface area contributed by atoms with Crippen molar-refractivity contribution < 1.29 is 14.3 Å². The highest BCUT2D eigenvalue weighted by atomic mass is 16.5. The van der Waals surface area contributed by atoms with Gasteiger partial charge in [-0.25, -0.2) is 4.79 Å². The maximum absolute atomic E-state index is 12.5. The highest BCUT2D eigenvalue weighted by Gasteiger charge is 2.26. The summed E-state index contributed by atoms with van der Waals surface area (Å²) in [5.41, 5.74) is 2.58. The molecule has 1 N–H and O–H groups in total. The van der Waals surface area contributed by atoms with Crippen molar-refractivity contribution in [2.75, 3.05) is 65.6 Å². The van der Waals surface area contributed by atoms with Crippen LogP contribution >= 0.6 is 0 Å². The second-order valence-electron chi connectivity index (χ2n) is 8.14. The average Bonchev–Trinajstić information content (AvgIpc) is 2.75. The number of ether oxygens (including phenoxy) is 1. The first-order valence-corrected chi connectivity index (χ1v) is 10.7. The molecule has 2 aliphatic heterocycles. The number of carbonyl (C=O) groups excluding carboxylic acids is 2. The smallest absolute Gasteiger partial charge is 0.320 e. The van der Waals surface area contributed by atoms with E-state index < -0.39 is 0 Å². The van der Waals surface area contributed by atoms with Crippen LogP contribution < -0.4 is 5.32 Å². The third-order valence-corrected chi connectivity index (χ3v) is 5.67. The van der Waals surface area contributed by atoms with Crippen molar-refractivity contribution in [3.05, 3.63) is 35.4 Å². The molecule has 0 radical (unpaired) electrons. The van der Waals surface area contributed by atoms with Crippen LogP contribution in [0.1, 0.15) is 30.9 Å². The number of carbonyl (C=O) groups is 2. The number of nitrogens with zero attached hydrogens (tertiary/aromatic N) is 3. The molecule has 3 rings (SSSR count). The van der Waals surface area contributed by atoms with E-state index in [4.69, 9.17) is 4.74 Å². The van der Waals surface area contributed by atoms with Gasteiger partial charge in [0, 0.05) is 45.8 Å². The van der Waals surface area contributed by atoms with Gasteiger partial charge < -0.3 is 19.9 Å². The Labute approximate surface area is 174 Å². The van der Waals surface area contributed by atoms with Crippen LogP contribution in [0.3, 0.4) is 0 Å². The molecule has 7 heteroatoms. The molecule has 7 nitrogen and oxygen atoms in total. The summed E-state index contributed by atoms with van der Waals surface area (Å²) in [6.07, 6.45) is 0.839. The van der Waals surface area contributed by atoms with Crippen molar-refractivity contribution in [3.8, 4) is 0 Å². The van der Waals surface area contributed by atoms with E-state index in [0.717, 1.165) is 19.5 Å². The fourth-order valence-electron chi connectivity index (χ4n) is 3.73. The first kappa shape index (κ1) is 21.6. The highest BCUT2D eigenvalue weighted by molar-refractivity contribution is 5.78. The van der Waals surface area contributed by atoms with Gasteiger partial charge in [-0.2, -0.15) is 0 Å². The third-order valence-electron chi connectivity index (χ3n) is 5.67. The lowest BCUT2D eigenvalue weighted by Crippen LogP contribution is -2.55. The molecular formula is C22H34N4O3. The number of hydrogen-bond acceptors (Lipinski definition) is 4. The molecular weight excluding hydrogens is 368 g/mol. The van der Waals surface area contributed by atoms with E-state index in [1.165, 1.54) is 11.1 Å². The molecule has 3 amide bonds. The molecule has 2 heterocycles. The van der Waals surface area contributed by atoms with Gasteiger partial charge in [-0.3, -0.25) is 9.69 Å². The molecule has 0 aliphatic carbocycles. The van der Waals surface area contributed by atoms with Gasteiger partial charge in [-0.05, 0) is 23.5 Å². The first-order valence-electron chi connectivity index (χ1n) is 10.7. The summed E-state index contributed by atoms with van der Waals surface area (Å²) in [4.78, 5) is 30.6. The maximum atomic E-state index is 12.5. The van der Waals surface area contributed by atoms with E-state index in [0.29, 0.717) is 58.4 Å². The van der Waals surface area contributed by atoms with Crippen molar-refractivity contribution in [2.24, 2.45) is 0 Å². The number of urea groups is 1. The van der Waals surface area contributed by atoms with Crippen molar-refractivity contribution in [2.45, 2.75) is 26.2 Å². The summed E-state index contributed by atoms with van der Waals surface area (Å²) in [6.45, 7) is 10.8. The third kappa shape index (κ3) is 6.44. The summed E-state index contributed by atoms with van der Waals surface area (Å²) in [5.74, 6) is 0.588. The highest BCUT2D eigenvalue weighted by Crippen LogP contribution is 2.14. The van der Waals surface area contributed by atoms with E-state index in [1.807, 2.05) is 9.80 Å². The number of piperazine rings is 1. The number of hydrogen-bond donors (Lipinski definition) is 1. The zero-order valence-electron chi connectivity index (χ0n) is 17.7. The lowest BCUT2D eigenvalue weighted by atomic mass is 10.0. The molecule has 29 heavy (non-hydrogen) atoms. The Kier molecular flexibility index (Phi) is 7.89. The van der Waals surface area contributed by atoms with Gasteiger partial charge in [0.2, 0.25) is 5.91 Å². The Balaban J connectivity index is 1.32. The standard InChI is InChI=1S/C22H34N4O3/c1-18(2)20-5-3-19(4-6-20)7-8-23-21(27)17-24-9-11-25(12-10-24)22(28)26-13-15-29-16-14-26/h3-6,18H,7-17H2,1-2H3,(H,23,27). The Hall–Kier alpha value is -2.12. The normalized spacial score (nSPS) is 18.2. The second-order valence-corrected chi connectivity index (χ2v) is 8.14. The molecule has 1 aromatic carbocycles. The van der Waals surface area contributed by atoms with E-state index in [2.05, 4.69) is 48.3 Å². The monoisotopic (exact) mass is 402 g/mol. The number of amides is 3. The van der Waals surface area contributed by atoms with E-state index in [9.17, 15) is 9.59 Å². The van der Waals surface area contributed by atoms with Crippen molar-refractivity contribution in [3.63, 3.8) is 0 Å². The van der Waals surface area contributed by atoms with Gasteiger partial charge in [0.15, 0.2) is 0 Å². The molecule has 0 bridgehead atoms.